The third-order valence-corrected chi connectivity index (χ3v) is 4.20. The van der Waals surface area contributed by atoms with Crippen molar-refractivity contribution in [2.24, 2.45) is 5.73 Å². The fraction of sp³-hybridized carbons (Fsp3) is 0.154. The number of amidine groups is 1. The second kappa shape index (κ2) is 5.54. The summed E-state index contributed by atoms with van der Waals surface area (Å²) in [7, 11) is 2.01. The first-order valence-corrected chi connectivity index (χ1v) is 7.12. The molecule has 2 aromatic rings. The van der Waals surface area contributed by atoms with Gasteiger partial charge in [-0.15, -0.1) is 11.3 Å². The molecule has 0 unspecified atom stereocenters. The van der Waals surface area contributed by atoms with Crippen molar-refractivity contribution in [3.05, 3.63) is 50.6 Å². The minimum atomic E-state index is 0.101. The maximum absolute atomic E-state index is 7.60. The highest BCUT2D eigenvalue weighted by Gasteiger charge is 2.10. The van der Waals surface area contributed by atoms with Crippen LogP contribution in [0.1, 0.15) is 11.1 Å². The molecule has 0 aliphatic heterocycles. The van der Waals surface area contributed by atoms with Gasteiger partial charge in [0.05, 0.1) is 3.79 Å². The highest BCUT2D eigenvalue weighted by Crippen LogP contribution is 2.25. The van der Waals surface area contributed by atoms with Crippen LogP contribution < -0.4 is 10.6 Å². The lowest BCUT2D eigenvalue weighted by Gasteiger charge is -2.21. The molecule has 0 atom stereocenters. The number of nitrogen functional groups attached to an aromatic ring is 1. The first kappa shape index (κ1) is 13.1. The molecule has 5 heteroatoms. The third kappa shape index (κ3) is 2.91. The summed E-state index contributed by atoms with van der Waals surface area (Å²) in [6, 6.07) is 9.82. The zero-order valence-electron chi connectivity index (χ0n) is 9.98. The molecule has 1 heterocycles. The minimum Gasteiger partial charge on any atom is -0.384 e. The Labute approximate surface area is 119 Å². The number of thiophene rings is 1. The van der Waals surface area contributed by atoms with Gasteiger partial charge in [0.15, 0.2) is 0 Å². The molecule has 0 radical (unpaired) electrons. The average Bonchev–Trinajstić information content (AvgIpc) is 2.74. The number of rotatable bonds is 4. The second-order valence-corrected chi connectivity index (χ2v) is 6.34. The number of nitrogens with zero attached hydrogens (tertiary/aromatic N) is 1. The lowest BCUT2D eigenvalue weighted by molar-refractivity contribution is 0.925. The molecule has 0 saturated heterocycles. The van der Waals surface area contributed by atoms with Gasteiger partial charge in [-0.2, -0.15) is 0 Å². The summed E-state index contributed by atoms with van der Waals surface area (Å²) < 4.78 is 1.13. The monoisotopic (exact) mass is 323 g/mol. The van der Waals surface area contributed by atoms with Crippen molar-refractivity contribution in [3.63, 3.8) is 0 Å². The zero-order valence-corrected chi connectivity index (χ0v) is 12.4. The van der Waals surface area contributed by atoms with Gasteiger partial charge in [0.2, 0.25) is 0 Å². The number of hydrogen-bond acceptors (Lipinski definition) is 3. The number of anilines is 1. The number of hydrogen-bond donors (Lipinski definition) is 2. The average molecular weight is 324 g/mol. The van der Waals surface area contributed by atoms with Gasteiger partial charge in [0, 0.05) is 24.8 Å². The number of para-hydroxylation sites is 1. The molecule has 3 N–H and O–H groups in total. The van der Waals surface area contributed by atoms with Gasteiger partial charge in [-0.05, 0) is 45.1 Å². The van der Waals surface area contributed by atoms with Crippen molar-refractivity contribution in [3.8, 4) is 0 Å². The number of nitrogens with one attached hydrogen (secondary N) is 1. The van der Waals surface area contributed by atoms with E-state index in [-0.39, 0.29) is 5.84 Å². The molecule has 3 nitrogen and oxygen atoms in total. The largest absolute Gasteiger partial charge is 0.384 e. The Hall–Kier alpha value is -1.33. The summed E-state index contributed by atoms with van der Waals surface area (Å²) >= 11 is 5.14. The molecule has 1 aromatic carbocycles. The molecule has 2 rings (SSSR count). The molecule has 0 aliphatic carbocycles. The van der Waals surface area contributed by atoms with Crippen molar-refractivity contribution in [2.45, 2.75) is 6.54 Å². The first-order chi connectivity index (χ1) is 8.58. The van der Waals surface area contributed by atoms with Crippen LogP contribution in [-0.4, -0.2) is 12.9 Å². The van der Waals surface area contributed by atoms with Crippen LogP contribution in [0.15, 0.2) is 39.5 Å². The molecular weight excluding hydrogens is 310 g/mol. The lowest BCUT2D eigenvalue weighted by atomic mass is 10.1. The molecule has 0 aliphatic rings. The first-order valence-electron chi connectivity index (χ1n) is 5.45. The van der Waals surface area contributed by atoms with E-state index in [4.69, 9.17) is 11.1 Å². The highest BCUT2D eigenvalue weighted by molar-refractivity contribution is 9.11. The lowest BCUT2D eigenvalue weighted by Crippen LogP contribution is -2.21. The van der Waals surface area contributed by atoms with Gasteiger partial charge in [-0.3, -0.25) is 5.41 Å². The second-order valence-electron chi connectivity index (χ2n) is 4.05. The van der Waals surface area contributed by atoms with Crippen molar-refractivity contribution < 1.29 is 0 Å². The van der Waals surface area contributed by atoms with Crippen molar-refractivity contribution >= 4 is 38.8 Å². The van der Waals surface area contributed by atoms with Crippen molar-refractivity contribution in [1.29, 1.82) is 5.41 Å². The number of benzene rings is 1. The maximum Gasteiger partial charge on any atom is 0.124 e. The van der Waals surface area contributed by atoms with Crippen LogP contribution >= 0.6 is 27.3 Å². The Bertz CT molecular complexity index is 565. The zero-order chi connectivity index (χ0) is 13.1. The van der Waals surface area contributed by atoms with E-state index in [1.807, 2.05) is 31.3 Å². The fourth-order valence-corrected chi connectivity index (χ4v) is 3.02. The van der Waals surface area contributed by atoms with E-state index in [0.717, 1.165) is 21.6 Å². The van der Waals surface area contributed by atoms with Gasteiger partial charge in [-0.25, -0.2) is 0 Å². The number of nitrogens with two attached hydrogens (primary N) is 1. The van der Waals surface area contributed by atoms with Crippen molar-refractivity contribution in [2.75, 3.05) is 11.9 Å². The summed E-state index contributed by atoms with van der Waals surface area (Å²) in [6.45, 7) is 0.798. The van der Waals surface area contributed by atoms with Crippen LogP contribution in [0.2, 0.25) is 0 Å². The molecule has 0 amide bonds. The summed E-state index contributed by atoms with van der Waals surface area (Å²) in [6.07, 6.45) is 0. The van der Waals surface area contributed by atoms with Crippen LogP contribution in [0.25, 0.3) is 0 Å². The summed E-state index contributed by atoms with van der Waals surface area (Å²) in [5.41, 5.74) is 8.60. The van der Waals surface area contributed by atoms with E-state index < -0.39 is 0 Å². The molecule has 94 valence electrons. The van der Waals surface area contributed by atoms with Gasteiger partial charge < -0.3 is 10.6 Å². The van der Waals surface area contributed by atoms with E-state index in [1.165, 1.54) is 5.56 Å². The normalized spacial score (nSPS) is 10.3. The van der Waals surface area contributed by atoms with Crippen LogP contribution in [0.4, 0.5) is 5.69 Å². The van der Waals surface area contributed by atoms with Gasteiger partial charge in [0.1, 0.15) is 5.84 Å². The SMILES string of the molecule is CN(Cc1csc(Br)c1)c1ccccc1C(=N)N. The van der Waals surface area contributed by atoms with Crippen LogP contribution in [0, 0.1) is 5.41 Å². The Morgan fingerprint density at radius 3 is 2.78 bits per heavy atom. The Morgan fingerprint density at radius 1 is 1.44 bits per heavy atom. The van der Waals surface area contributed by atoms with E-state index in [2.05, 4.69) is 32.3 Å². The Morgan fingerprint density at radius 2 is 2.17 bits per heavy atom. The molecule has 18 heavy (non-hydrogen) atoms. The predicted octanol–water partition coefficient (Wildman–Crippen LogP) is 3.43. The van der Waals surface area contributed by atoms with Gasteiger partial charge >= 0.3 is 0 Å². The molecule has 0 saturated carbocycles. The molecule has 0 fully saturated rings. The highest BCUT2D eigenvalue weighted by atomic mass is 79.9. The minimum absolute atomic E-state index is 0.101. The molecule has 0 bridgehead atoms. The third-order valence-electron chi connectivity index (χ3n) is 2.65. The van der Waals surface area contributed by atoms with Gasteiger partial charge in [0.25, 0.3) is 0 Å². The standard InChI is InChI=1S/C13H14BrN3S/c1-17(7-9-6-12(14)18-8-9)11-5-3-2-4-10(11)13(15)16/h2-6,8H,7H2,1H3,(H3,15,16). The van der Waals surface area contributed by atoms with E-state index in [0.29, 0.717) is 0 Å². The van der Waals surface area contributed by atoms with E-state index in [9.17, 15) is 0 Å². The fourth-order valence-electron chi connectivity index (χ4n) is 1.82. The summed E-state index contributed by atoms with van der Waals surface area (Å²) in [5.74, 6) is 0.101. The van der Waals surface area contributed by atoms with Crippen LogP contribution in [-0.2, 0) is 6.54 Å². The quantitative estimate of drug-likeness (QED) is 0.669. The molecule has 0 spiro atoms. The van der Waals surface area contributed by atoms with Crippen LogP contribution in [0.5, 0.6) is 0 Å². The summed E-state index contributed by atoms with van der Waals surface area (Å²) in [5, 5.41) is 9.72. The number of halogens is 1. The van der Waals surface area contributed by atoms with E-state index in [1.54, 1.807) is 11.3 Å². The Kier molecular flexibility index (Phi) is 4.04. The molecular formula is C13H14BrN3S. The van der Waals surface area contributed by atoms with E-state index >= 15 is 0 Å². The molecule has 1 aromatic heterocycles. The maximum atomic E-state index is 7.60. The topological polar surface area (TPSA) is 53.1 Å². The summed E-state index contributed by atoms with van der Waals surface area (Å²) in [4.78, 5) is 2.10. The Balaban J connectivity index is 2.23. The van der Waals surface area contributed by atoms with Gasteiger partial charge in [-0.1, -0.05) is 12.1 Å². The van der Waals surface area contributed by atoms with Crippen LogP contribution in [0.3, 0.4) is 0 Å². The smallest absolute Gasteiger partial charge is 0.124 e. The predicted molar refractivity (Wildman–Crippen MR) is 81.6 cm³/mol. The van der Waals surface area contributed by atoms with Crippen molar-refractivity contribution in [1.82, 2.24) is 0 Å².